The average molecular weight is 342 g/mol. The van der Waals surface area contributed by atoms with Gasteiger partial charge in [0.1, 0.15) is 5.56 Å². The summed E-state index contributed by atoms with van der Waals surface area (Å²) >= 11 is 3.26. The van der Waals surface area contributed by atoms with Crippen LogP contribution in [0.2, 0.25) is 0 Å². The fourth-order valence-corrected chi connectivity index (χ4v) is 2.23. The van der Waals surface area contributed by atoms with Crippen molar-refractivity contribution in [3.8, 4) is 0 Å². The van der Waals surface area contributed by atoms with E-state index in [1.807, 2.05) is 0 Å². The first-order chi connectivity index (χ1) is 8.75. The van der Waals surface area contributed by atoms with Crippen LogP contribution in [0.5, 0.6) is 0 Å². The molecule has 8 heteroatoms. The molecule has 0 saturated heterocycles. The number of hydrogen-bond donors (Lipinski definition) is 0. The second kappa shape index (κ2) is 6.33. The van der Waals surface area contributed by atoms with Crippen molar-refractivity contribution >= 4 is 21.6 Å². The molecule has 106 valence electrons. The van der Waals surface area contributed by atoms with Gasteiger partial charge in [0.2, 0.25) is 0 Å². The molecule has 1 rings (SSSR count). The van der Waals surface area contributed by atoms with Gasteiger partial charge < -0.3 is 4.74 Å². The second-order valence-electron chi connectivity index (χ2n) is 3.86. The molecule has 0 aliphatic carbocycles. The number of nitrogens with zero attached hydrogens (tertiary/aromatic N) is 1. The first-order valence-electron chi connectivity index (χ1n) is 5.23. The Labute approximate surface area is 115 Å². The summed E-state index contributed by atoms with van der Waals surface area (Å²) in [5.74, 6) is 0. The summed E-state index contributed by atoms with van der Waals surface area (Å²) in [5.41, 5.74) is -1.81. The van der Waals surface area contributed by atoms with Crippen LogP contribution in [-0.4, -0.2) is 23.5 Å². The number of alkyl halides is 4. The molecule has 0 amide bonds. The van der Waals surface area contributed by atoms with Crippen molar-refractivity contribution in [3.05, 3.63) is 39.4 Å². The van der Waals surface area contributed by atoms with E-state index in [9.17, 15) is 23.3 Å². The topological polar surface area (TPSA) is 52.4 Å². The largest absolute Gasteiger partial charge is 0.423 e. The smallest absolute Gasteiger partial charge is 0.384 e. The lowest BCUT2D eigenvalue weighted by Crippen LogP contribution is -2.13. The lowest BCUT2D eigenvalue weighted by Gasteiger charge is -2.12. The van der Waals surface area contributed by atoms with E-state index in [1.54, 1.807) is 0 Å². The molecule has 0 aliphatic heterocycles. The van der Waals surface area contributed by atoms with Gasteiger partial charge in [0.05, 0.1) is 11.5 Å². The van der Waals surface area contributed by atoms with Crippen LogP contribution in [-0.2, 0) is 17.3 Å². The molecule has 0 aromatic heterocycles. The fourth-order valence-electron chi connectivity index (χ4n) is 1.59. The molecule has 0 radical (unpaired) electrons. The molecule has 0 bridgehead atoms. The molecule has 0 spiro atoms. The normalized spacial score (nSPS) is 13.3. The van der Waals surface area contributed by atoms with Crippen molar-refractivity contribution in [3.63, 3.8) is 0 Å². The minimum absolute atomic E-state index is 0.153. The standard InChI is InChI=1S/C11H11BrF3NO3/c1-19-6-8(12)4-7-2-3-10(16(17)18)9(5-7)11(13,14)15/h2-3,5,8H,4,6H2,1H3. The Kier molecular flexibility index (Phi) is 5.30. The third kappa shape index (κ3) is 4.46. The molecule has 19 heavy (non-hydrogen) atoms. The Balaban J connectivity index is 3.09. The fraction of sp³-hybridized carbons (Fsp3) is 0.455. The molecule has 4 nitrogen and oxygen atoms in total. The molecular weight excluding hydrogens is 331 g/mol. The molecule has 1 aromatic carbocycles. The van der Waals surface area contributed by atoms with Gasteiger partial charge in [-0.1, -0.05) is 22.0 Å². The van der Waals surface area contributed by atoms with Crippen molar-refractivity contribution in [1.29, 1.82) is 0 Å². The number of halogens is 4. The molecule has 0 aliphatic rings. The third-order valence-electron chi connectivity index (χ3n) is 2.37. The van der Waals surface area contributed by atoms with Crippen LogP contribution >= 0.6 is 15.9 Å². The van der Waals surface area contributed by atoms with Crippen molar-refractivity contribution in [1.82, 2.24) is 0 Å². The first-order valence-corrected chi connectivity index (χ1v) is 6.14. The summed E-state index contributed by atoms with van der Waals surface area (Å²) in [6.07, 6.45) is -4.46. The minimum Gasteiger partial charge on any atom is -0.384 e. The number of methoxy groups -OCH3 is 1. The molecule has 1 unspecified atom stereocenters. The molecule has 1 aromatic rings. The van der Waals surface area contributed by atoms with Gasteiger partial charge in [-0.3, -0.25) is 10.1 Å². The molecule has 0 heterocycles. The van der Waals surface area contributed by atoms with E-state index in [-0.39, 0.29) is 11.2 Å². The van der Waals surface area contributed by atoms with Gasteiger partial charge in [-0.25, -0.2) is 0 Å². The Hall–Kier alpha value is -1.15. The third-order valence-corrected chi connectivity index (χ3v) is 2.96. The maximum atomic E-state index is 12.7. The van der Waals surface area contributed by atoms with E-state index in [4.69, 9.17) is 4.74 Å². The zero-order chi connectivity index (χ0) is 14.6. The lowest BCUT2D eigenvalue weighted by atomic mass is 10.0. The number of nitro benzene ring substituents is 1. The number of hydrogen-bond acceptors (Lipinski definition) is 3. The molecule has 1 atom stereocenters. The van der Waals surface area contributed by atoms with Crippen LogP contribution in [0.15, 0.2) is 18.2 Å². The van der Waals surface area contributed by atoms with E-state index >= 15 is 0 Å². The number of nitro groups is 1. The van der Waals surface area contributed by atoms with Gasteiger partial charge in [0.15, 0.2) is 0 Å². The minimum atomic E-state index is -4.75. The Morgan fingerprint density at radius 3 is 2.58 bits per heavy atom. The van der Waals surface area contributed by atoms with E-state index in [0.717, 1.165) is 12.1 Å². The van der Waals surface area contributed by atoms with Gasteiger partial charge >= 0.3 is 6.18 Å². The van der Waals surface area contributed by atoms with Crippen LogP contribution in [0.4, 0.5) is 18.9 Å². The molecule has 0 saturated carbocycles. The summed E-state index contributed by atoms with van der Waals surface area (Å²) in [5, 5.41) is 10.6. The predicted molar refractivity (Wildman–Crippen MR) is 66.4 cm³/mol. The molecular formula is C11H11BrF3NO3. The van der Waals surface area contributed by atoms with Crippen LogP contribution in [0.3, 0.4) is 0 Å². The predicted octanol–water partition coefficient (Wildman–Crippen LogP) is 3.57. The van der Waals surface area contributed by atoms with E-state index in [0.29, 0.717) is 12.2 Å². The Morgan fingerprint density at radius 1 is 1.47 bits per heavy atom. The van der Waals surface area contributed by atoms with Gasteiger partial charge in [0.25, 0.3) is 5.69 Å². The monoisotopic (exact) mass is 341 g/mol. The van der Waals surface area contributed by atoms with Crippen molar-refractivity contribution in [2.75, 3.05) is 13.7 Å². The van der Waals surface area contributed by atoms with Gasteiger partial charge in [-0.2, -0.15) is 13.2 Å². The van der Waals surface area contributed by atoms with E-state index in [2.05, 4.69) is 15.9 Å². The van der Waals surface area contributed by atoms with Crippen molar-refractivity contribution < 1.29 is 22.8 Å². The number of ether oxygens (including phenoxy) is 1. The highest BCUT2D eigenvalue weighted by Gasteiger charge is 2.38. The highest BCUT2D eigenvalue weighted by molar-refractivity contribution is 9.09. The van der Waals surface area contributed by atoms with Crippen LogP contribution < -0.4 is 0 Å². The maximum absolute atomic E-state index is 12.7. The molecule has 0 N–H and O–H groups in total. The summed E-state index contributed by atoms with van der Waals surface area (Å²) in [4.78, 5) is 9.39. The van der Waals surface area contributed by atoms with Crippen molar-refractivity contribution in [2.24, 2.45) is 0 Å². The van der Waals surface area contributed by atoms with Crippen LogP contribution in [0.25, 0.3) is 0 Å². The summed E-state index contributed by atoms with van der Waals surface area (Å²) < 4.78 is 43.1. The average Bonchev–Trinajstić information content (AvgIpc) is 2.27. The summed E-state index contributed by atoms with van der Waals surface area (Å²) in [7, 11) is 1.48. The number of rotatable bonds is 5. The van der Waals surface area contributed by atoms with Gasteiger partial charge in [0, 0.05) is 18.0 Å². The van der Waals surface area contributed by atoms with Crippen molar-refractivity contribution in [2.45, 2.75) is 17.4 Å². The van der Waals surface area contributed by atoms with Crippen LogP contribution in [0, 0.1) is 10.1 Å². The Morgan fingerprint density at radius 2 is 2.11 bits per heavy atom. The molecule has 0 fully saturated rings. The quantitative estimate of drug-likeness (QED) is 0.467. The van der Waals surface area contributed by atoms with Gasteiger partial charge in [-0.05, 0) is 18.1 Å². The summed E-state index contributed by atoms with van der Waals surface area (Å²) in [6, 6.07) is 3.00. The summed E-state index contributed by atoms with van der Waals surface area (Å²) in [6.45, 7) is 0.332. The highest BCUT2D eigenvalue weighted by atomic mass is 79.9. The highest BCUT2D eigenvalue weighted by Crippen LogP contribution is 2.36. The zero-order valence-corrected chi connectivity index (χ0v) is 11.5. The maximum Gasteiger partial charge on any atom is 0.423 e. The Bertz CT molecular complexity index is 465. The second-order valence-corrected chi connectivity index (χ2v) is 5.16. The van der Waals surface area contributed by atoms with Gasteiger partial charge in [-0.15, -0.1) is 0 Å². The van der Waals surface area contributed by atoms with E-state index in [1.165, 1.54) is 13.2 Å². The first kappa shape index (κ1) is 15.9. The SMILES string of the molecule is COCC(Br)Cc1ccc([N+](=O)[O-])c(C(F)(F)F)c1. The van der Waals surface area contributed by atoms with E-state index < -0.39 is 22.4 Å². The lowest BCUT2D eigenvalue weighted by molar-refractivity contribution is -0.388. The number of benzene rings is 1. The van der Waals surface area contributed by atoms with Crippen LogP contribution in [0.1, 0.15) is 11.1 Å². The zero-order valence-electron chi connectivity index (χ0n) is 9.91.